The molecule has 20 heavy (non-hydrogen) atoms. The largest absolute Gasteiger partial charge is 0.421 e. The molecule has 0 atom stereocenters. The molecule has 5 heteroatoms. The van der Waals surface area contributed by atoms with Gasteiger partial charge in [0.15, 0.2) is 0 Å². The first-order valence-electron chi connectivity index (χ1n) is 6.30. The second kappa shape index (κ2) is 5.13. The minimum atomic E-state index is -0.622. The molecule has 100 valence electrons. The van der Waals surface area contributed by atoms with E-state index < -0.39 is 5.97 Å². The molecule has 0 saturated carbocycles. The lowest BCUT2D eigenvalue weighted by Crippen LogP contribution is -2.10. The molecule has 0 amide bonds. The van der Waals surface area contributed by atoms with E-state index in [0.717, 1.165) is 10.8 Å². The van der Waals surface area contributed by atoms with Crippen LogP contribution in [0, 0.1) is 0 Å². The highest BCUT2D eigenvalue weighted by Gasteiger charge is 2.16. The van der Waals surface area contributed by atoms with E-state index in [0.29, 0.717) is 18.1 Å². The van der Waals surface area contributed by atoms with Gasteiger partial charge in [0, 0.05) is 6.42 Å². The summed E-state index contributed by atoms with van der Waals surface area (Å²) in [5.41, 5.74) is 0. The van der Waals surface area contributed by atoms with Crippen molar-refractivity contribution in [3.05, 3.63) is 54.2 Å². The first-order valence-corrected chi connectivity index (χ1v) is 6.30. The molecule has 5 nitrogen and oxygen atoms in total. The zero-order valence-electron chi connectivity index (χ0n) is 10.9. The number of fused-ring (bicyclic) bond motifs is 1. The van der Waals surface area contributed by atoms with Gasteiger partial charge in [-0.25, -0.2) is 4.79 Å². The highest BCUT2D eigenvalue weighted by Crippen LogP contribution is 2.21. The lowest BCUT2D eigenvalue weighted by Gasteiger charge is -2.03. The van der Waals surface area contributed by atoms with Gasteiger partial charge in [-0.2, -0.15) is 4.98 Å². The summed E-state index contributed by atoms with van der Waals surface area (Å²) >= 11 is 0. The van der Waals surface area contributed by atoms with Crippen LogP contribution >= 0.6 is 0 Å². The number of hydrogen-bond acceptors (Lipinski definition) is 5. The van der Waals surface area contributed by atoms with Gasteiger partial charge < -0.3 is 9.26 Å². The van der Waals surface area contributed by atoms with Gasteiger partial charge >= 0.3 is 5.97 Å². The van der Waals surface area contributed by atoms with Gasteiger partial charge in [-0.3, -0.25) is 0 Å². The Labute approximate surface area is 115 Å². The molecule has 3 rings (SSSR count). The van der Waals surface area contributed by atoms with Gasteiger partial charge in [0.1, 0.15) is 5.75 Å². The van der Waals surface area contributed by atoms with Crippen LogP contribution in [0.2, 0.25) is 0 Å². The standard InChI is InChI=1S/C15H12N2O3/c1-2-13-16-14(17-20-13)15(18)19-12-8-7-10-5-3-4-6-11(10)9-12/h3-9H,2H2,1H3. The summed E-state index contributed by atoms with van der Waals surface area (Å²) in [6.45, 7) is 1.87. The number of hydrogen-bond donors (Lipinski definition) is 0. The number of rotatable bonds is 3. The van der Waals surface area contributed by atoms with Gasteiger partial charge in [-0.05, 0) is 28.1 Å². The van der Waals surface area contributed by atoms with Gasteiger partial charge in [0.05, 0.1) is 0 Å². The summed E-state index contributed by atoms with van der Waals surface area (Å²) in [7, 11) is 0. The topological polar surface area (TPSA) is 65.2 Å². The zero-order valence-corrected chi connectivity index (χ0v) is 10.9. The summed E-state index contributed by atoms with van der Waals surface area (Å²) in [6, 6.07) is 13.3. The molecule has 0 spiro atoms. The van der Waals surface area contributed by atoms with Crippen molar-refractivity contribution in [1.82, 2.24) is 10.1 Å². The summed E-state index contributed by atoms with van der Waals surface area (Å²) in [6.07, 6.45) is 0.580. The Morgan fingerprint density at radius 2 is 2.00 bits per heavy atom. The summed E-state index contributed by atoms with van der Waals surface area (Å²) in [5, 5.41) is 5.67. The predicted molar refractivity (Wildman–Crippen MR) is 72.6 cm³/mol. The minimum Gasteiger partial charge on any atom is -0.421 e. The normalized spacial score (nSPS) is 10.7. The fourth-order valence-electron chi connectivity index (χ4n) is 1.86. The molecule has 1 aromatic heterocycles. The van der Waals surface area contributed by atoms with Crippen LogP contribution in [0.1, 0.15) is 23.4 Å². The van der Waals surface area contributed by atoms with Gasteiger partial charge in [0.25, 0.3) is 5.82 Å². The summed E-state index contributed by atoms with van der Waals surface area (Å²) < 4.78 is 10.1. The number of aryl methyl sites for hydroxylation is 1. The molecule has 0 N–H and O–H groups in total. The first kappa shape index (κ1) is 12.3. The Bertz CT molecular complexity index is 764. The van der Waals surface area contributed by atoms with E-state index in [1.165, 1.54) is 0 Å². The van der Waals surface area contributed by atoms with Crippen molar-refractivity contribution in [2.45, 2.75) is 13.3 Å². The second-order valence-electron chi connectivity index (χ2n) is 4.26. The van der Waals surface area contributed by atoms with Crippen LogP contribution in [0.4, 0.5) is 0 Å². The molecule has 0 saturated heterocycles. The van der Waals surface area contributed by atoms with Crippen molar-refractivity contribution in [2.75, 3.05) is 0 Å². The van der Waals surface area contributed by atoms with Gasteiger partial charge in [-0.1, -0.05) is 37.3 Å². The number of carbonyl (C=O) groups excluding carboxylic acids is 1. The Balaban J connectivity index is 1.83. The molecule has 0 unspecified atom stereocenters. The van der Waals surface area contributed by atoms with Crippen LogP contribution in [0.3, 0.4) is 0 Å². The number of esters is 1. The van der Waals surface area contributed by atoms with Crippen molar-refractivity contribution >= 4 is 16.7 Å². The number of nitrogens with zero attached hydrogens (tertiary/aromatic N) is 2. The minimum absolute atomic E-state index is 0.0602. The Morgan fingerprint density at radius 3 is 2.75 bits per heavy atom. The van der Waals surface area contributed by atoms with Crippen molar-refractivity contribution < 1.29 is 14.1 Å². The highest BCUT2D eigenvalue weighted by molar-refractivity contribution is 5.88. The monoisotopic (exact) mass is 268 g/mol. The van der Waals surface area contributed by atoms with E-state index in [2.05, 4.69) is 10.1 Å². The number of benzene rings is 2. The zero-order chi connectivity index (χ0) is 13.9. The Morgan fingerprint density at radius 1 is 1.20 bits per heavy atom. The molecule has 0 radical (unpaired) electrons. The van der Waals surface area contributed by atoms with E-state index in [1.54, 1.807) is 12.1 Å². The highest BCUT2D eigenvalue weighted by atomic mass is 16.5. The maximum absolute atomic E-state index is 11.9. The molecule has 1 heterocycles. The third-order valence-electron chi connectivity index (χ3n) is 2.88. The number of carbonyl (C=O) groups is 1. The Hall–Kier alpha value is -2.69. The molecule has 0 aliphatic carbocycles. The SMILES string of the molecule is CCc1nc(C(=O)Oc2ccc3ccccc3c2)no1. The maximum Gasteiger partial charge on any atom is 0.385 e. The van der Waals surface area contributed by atoms with Crippen molar-refractivity contribution in [2.24, 2.45) is 0 Å². The van der Waals surface area contributed by atoms with Crippen molar-refractivity contribution in [3.63, 3.8) is 0 Å². The number of ether oxygens (including phenoxy) is 1. The van der Waals surface area contributed by atoms with E-state index in [4.69, 9.17) is 9.26 Å². The molecule has 0 aliphatic heterocycles. The van der Waals surface area contributed by atoms with E-state index in [1.807, 2.05) is 37.3 Å². The number of aromatic nitrogens is 2. The van der Waals surface area contributed by atoms with E-state index in [-0.39, 0.29) is 5.82 Å². The van der Waals surface area contributed by atoms with Crippen LogP contribution in [-0.4, -0.2) is 16.1 Å². The first-order chi connectivity index (χ1) is 9.76. The summed E-state index contributed by atoms with van der Waals surface area (Å²) in [5.74, 6) is 0.186. The van der Waals surface area contributed by atoms with Crippen LogP contribution < -0.4 is 4.74 Å². The third-order valence-corrected chi connectivity index (χ3v) is 2.88. The quantitative estimate of drug-likeness (QED) is 0.539. The molecule has 2 aromatic carbocycles. The fraction of sp³-hybridized carbons (Fsp3) is 0.133. The maximum atomic E-state index is 11.9. The third kappa shape index (κ3) is 2.38. The molecule has 3 aromatic rings. The Kier molecular flexibility index (Phi) is 3.16. The molecule has 0 aliphatic rings. The van der Waals surface area contributed by atoms with Crippen LogP contribution in [-0.2, 0) is 6.42 Å². The lowest BCUT2D eigenvalue weighted by molar-refractivity contribution is 0.0719. The molecule has 0 bridgehead atoms. The average Bonchev–Trinajstić information content (AvgIpc) is 2.96. The summed E-state index contributed by atoms with van der Waals surface area (Å²) in [4.78, 5) is 15.8. The van der Waals surface area contributed by atoms with Crippen molar-refractivity contribution in [1.29, 1.82) is 0 Å². The molecular weight excluding hydrogens is 256 g/mol. The van der Waals surface area contributed by atoms with Crippen molar-refractivity contribution in [3.8, 4) is 5.75 Å². The van der Waals surface area contributed by atoms with Crippen LogP contribution in [0.15, 0.2) is 47.0 Å². The fourth-order valence-corrected chi connectivity index (χ4v) is 1.86. The second-order valence-corrected chi connectivity index (χ2v) is 4.26. The average molecular weight is 268 g/mol. The van der Waals surface area contributed by atoms with Crippen LogP contribution in [0.25, 0.3) is 10.8 Å². The predicted octanol–water partition coefficient (Wildman–Crippen LogP) is 3.00. The van der Waals surface area contributed by atoms with E-state index >= 15 is 0 Å². The van der Waals surface area contributed by atoms with Crippen LogP contribution in [0.5, 0.6) is 5.75 Å². The van der Waals surface area contributed by atoms with Gasteiger partial charge in [0.2, 0.25) is 5.89 Å². The smallest absolute Gasteiger partial charge is 0.385 e. The van der Waals surface area contributed by atoms with E-state index in [9.17, 15) is 4.79 Å². The van der Waals surface area contributed by atoms with Gasteiger partial charge in [-0.15, -0.1) is 0 Å². The lowest BCUT2D eigenvalue weighted by atomic mass is 10.1. The molecular formula is C15H12N2O3. The molecule has 0 fully saturated rings.